The number of aromatic carboxylic acids is 1. The van der Waals surface area contributed by atoms with Crippen LogP contribution in [0.3, 0.4) is 0 Å². The molecule has 0 saturated carbocycles. The third kappa shape index (κ3) is 4.03. The third-order valence-corrected chi connectivity index (χ3v) is 5.83. The molecule has 3 heterocycles. The fraction of sp³-hybridized carbons (Fsp3) is 0.556. The minimum absolute atomic E-state index is 0.0636. The maximum atomic E-state index is 13.0. The largest absolute Gasteiger partial charge is 0.478 e. The summed E-state index contributed by atoms with van der Waals surface area (Å²) in [5, 5.41) is 10.8. The lowest BCUT2D eigenvalue weighted by atomic mass is 9.99. The molecule has 0 aliphatic carbocycles. The van der Waals surface area contributed by atoms with Crippen LogP contribution >= 0.6 is 11.3 Å². The number of methoxy groups -OCH3 is 1. The first-order chi connectivity index (χ1) is 12.9. The summed E-state index contributed by atoms with van der Waals surface area (Å²) in [6.45, 7) is 3.74. The molecule has 1 aliphatic heterocycles. The van der Waals surface area contributed by atoms with Gasteiger partial charge in [0.1, 0.15) is 17.2 Å². The van der Waals surface area contributed by atoms with E-state index < -0.39 is 11.5 Å². The minimum Gasteiger partial charge on any atom is -0.478 e. The lowest BCUT2D eigenvalue weighted by Crippen LogP contribution is -2.42. The summed E-state index contributed by atoms with van der Waals surface area (Å²) in [6, 6.07) is 0. The predicted octanol–water partition coefficient (Wildman–Crippen LogP) is 1.60. The van der Waals surface area contributed by atoms with Crippen LogP contribution in [0.25, 0.3) is 10.2 Å². The Morgan fingerprint density at radius 3 is 2.70 bits per heavy atom. The van der Waals surface area contributed by atoms with Crippen LogP contribution in [0, 0.1) is 5.92 Å². The zero-order chi connectivity index (χ0) is 19.6. The number of carboxylic acid groups (broad SMARTS) is 1. The Kier molecular flexibility index (Phi) is 5.91. The van der Waals surface area contributed by atoms with Crippen molar-refractivity contribution in [2.24, 2.45) is 5.92 Å². The van der Waals surface area contributed by atoms with Gasteiger partial charge in [-0.25, -0.2) is 9.78 Å². The van der Waals surface area contributed by atoms with Crippen molar-refractivity contribution >= 4 is 33.4 Å². The van der Waals surface area contributed by atoms with Gasteiger partial charge in [0.2, 0.25) is 5.91 Å². The van der Waals surface area contributed by atoms with E-state index in [-0.39, 0.29) is 23.4 Å². The number of piperidine rings is 1. The Morgan fingerprint density at radius 1 is 1.37 bits per heavy atom. The first-order valence-electron chi connectivity index (χ1n) is 8.93. The van der Waals surface area contributed by atoms with Crippen LogP contribution in [-0.2, 0) is 22.5 Å². The van der Waals surface area contributed by atoms with Gasteiger partial charge in [-0.15, -0.1) is 11.3 Å². The van der Waals surface area contributed by atoms with Crippen LogP contribution in [0.5, 0.6) is 0 Å². The first-order valence-corrected chi connectivity index (χ1v) is 9.81. The summed E-state index contributed by atoms with van der Waals surface area (Å²) in [6.07, 6.45) is 2.26. The molecular weight excluding hydrogens is 370 g/mol. The van der Waals surface area contributed by atoms with E-state index in [9.17, 15) is 19.5 Å². The van der Waals surface area contributed by atoms with E-state index in [4.69, 9.17) is 4.74 Å². The molecule has 0 atom stereocenters. The second kappa shape index (κ2) is 8.18. The second-order valence-electron chi connectivity index (χ2n) is 6.86. The van der Waals surface area contributed by atoms with Crippen molar-refractivity contribution in [3.63, 3.8) is 0 Å². The van der Waals surface area contributed by atoms with E-state index >= 15 is 0 Å². The Hall–Kier alpha value is -2.26. The molecule has 0 spiro atoms. The van der Waals surface area contributed by atoms with E-state index in [2.05, 4.69) is 11.9 Å². The topological polar surface area (TPSA) is 102 Å². The highest BCUT2D eigenvalue weighted by Crippen LogP contribution is 2.22. The molecule has 8 nitrogen and oxygen atoms in total. The van der Waals surface area contributed by atoms with Gasteiger partial charge in [-0.3, -0.25) is 14.2 Å². The standard InChI is InChI=1S/C18H23N3O5S/c1-11-3-6-20(7-4-11)14(22)9-21-13(5-8-26-2)19-16-15(17(21)23)12(10-27-16)18(24)25/h10-11H,3-9H2,1-2H3,(H,24,25). The van der Waals surface area contributed by atoms with Gasteiger partial charge in [0.25, 0.3) is 5.56 Å². The number of fused-ring (bicyclic) bond motifs is 1. The quantitative estimate of drug-likeness (QED) is 0.800. The number of hydrogen-bond donors (Lipinski definition) is 1. The molecule has 0 bridgehead atoms. The number of rotatable bonds is 6. The fourth-order valence-corrected chi connectivity index (χ4v) is 4.19. The van der Waals surface area contributed by atoms with E-state index in [0.717, 1.165) is 24.2 Å². The molecule has 2 aromatic rings. The molecule has 1 fully saturated rings. The second-order valence-corrected chi connectivity index (χ2v) is 7.72. The van der Waals surface area contributed by atoms with Gasteiger partial charge in [0.15, 0.2) is 0 Å². The molecule has 2 aromatic heterocycles. The first kappa shape index (κ1) is 19.5. The summed E-state index contributed by atoms with van der Waals surface area (Å²) in [5.74, 6) is -0.286. The maximum absolute atomic E-state index is 13.0. The van der Waals surface area contributed by atoms with Gasteiger partial charge < -0.3 is 14.7 Å². The van der Waals surface area contributed by atoms with Crippen molar-refractivity contribution < 1.29 is 19.4 Å². The predicted molar refractivity (Wildman–Crippen MR) is 101 cm³/mol. The highest BCUT2D eigenvalue weighted by molar-refractivity contribution is 7.17. The molecule has 1 amide bonds. The van der Waals surface area contributed by atoms with Crippen LogP contribution in [0.2, 0.25) is 0 Å². The number of aromatic nitrogens is 2. The molecule has 3 rings (SSSR count). The third-order valence-electron chi connectivity index (χ3n) is 4.96. The van der Waals surface area contributed by atoms with Crippen LogP contribution < -0.4 is 5.56 Å². The highest BCUT2D eigenvalue weighted by Gasteiger charge is 2.24. The number of carbonyl (C=O) groups excluding carboxylic acids is 1. The Balaban J connectivity index is 1.99. The summed E-state index contributed by atoms with van der Waals surface area (Å²) in [5.41, 5.74) is -0.553. The van der Waals surface area contributed by atoms with E-state index in [1.54, 1.807) is 12.0 Å². The van der Waals surface area contributed by atoms with Crippen molar-refractivity contribution in [1.82, 2.24) is 14.5 Å². The zero-order valence-corrected chi connectivity index (χ0v) is 16.3. The molecule has 0 aromatic carbocycles. The Morgan fingerprint density at radius 2 is 2.07 bits per heavy atom. The van der Waals surface area contributed by atoms with E-state index in [0.29, 0.717) is 42.7 Å². The maximum Gasteiger partial charge on any atom is 0.337 e. The van der Waals surface area contributed by atoms with Gasteiger partial charge in [0.05, 0.1) is 17.6 Å². The number of amides is 1. The molecule has 146 valence electrons. The lowest BCUT2D eigenvalue weighted by molar-refractivity contribution is -0.133. The number of hydrogen-bond acceptors (Lipinski definition) is 6. The normalized spacial score (nSPS) is 15.4. The molecule has 1 saturated heterocycles. The molecule has 0 radical (unpaired) electrons. The number of carboxylic acids is 1. The smallest absolute Gasteiger partial charge is 0.337 e. The summed E-state index contributed by atoms with van der Waals surface area (Å²) in [4.78, 5) is 43.8. The number of nitrogens with zero attached hydrogens (tertiary/aromatic N) is 3. The van der Waals surface area contributed by atoms with Crippen molar-refractivity contribution in [3.8, 4) is 0 Å². The molecule has 1 N–H and O–H groups in total. The van der Waals surface area contributed by atoms with Crippen LogP contribution in [0.15, 0.2) is 10.2 Å². The van der Waals surface area contributed by atoms with Crippen molar-refractivity contribution in [1.29, 1.82) is 0 Å². The van der Waals surface area contributed by atoms with E-state index in [1.165, 1.54) is 9.95 Å². The summed E-state index contributed by atoms with van der Waals surface area (Å²) in [7, 11) is 1.55. The molecule has 9 heteroatoms. The Bertz CT molecular complexity index is 912. The average molecular weight is 393 g/mol. The van der Waals surface area contributed by atoms with Crippen molar-refractivity contribution in [2.45, 2.75) is 32.7 Å². The SMILES string of the molecule is COCCc1nc2scc(C(=O)O)c2c(=O)n1CC(=O)N1CCC(C)CC1. The van der Waals surface area contributed by atoms with E-state index in [1.807, 2.05) is 0 Å². The molecule has 27 heavy (non-hydrogen) atoms. The molecule has 1 aliphatic rings. The minimum atomic E-state index is -1.17. The number of likely N-dealkylation sites (tertiary alicyclic amines) is 1. The number of ether oxygens (including phenoxy) is 1. The average Bonchev–Trinajstić information content (AvgIpc) is 3.07. The highest BCUT2D eigenvalue weighted by atomic mass is 32.1. The van der Waals surface area contributed by atoms with Crippen LogP contribution in [-0.4, -0.2) is 58.2 Å². The fourth-order valence-electron chi connectivity index (χ4n) is 3.26. The number of thiophene rings is 1. The van der Waals surface area contributed by atoms with Gasteiger partial charge in [-0.2, -0.15) is 0 Å². The zero-order valence-electron chi connectivity index (χ0n) is 15.4. The summed E-state index contributed by atoms with van der Waals surface area (Å²) < 4.78 is 6.39. The van der Waals surface area contributed by atoms with Crippen LogP contribution in [0.1, 0.15) is 35.9 Å². The van der Waals surface area contributed by atoms with Gasteiger partial charge in [-0.05, 0) is 18.8 Å². The molecule has 0 unspecified atom stereocenters. The molecular formula is C18H23N3O5S. The van der Waals surface area contributed by atoms with Gasteiger partial charge >= 0.3 is 5.97 Å². The van der Waals surface area contributed by atoms with Crippen LogP contribution in [0.4, 0.5) is 0 Å². The van der Waals surface area contributed by atoms with Gasteiger partial charge in [0, 0.05) is 32.0 Å². The number of carbonyl (C=O) groups is 2. The van der Waals surface area contributed by atoms with Crippen molar-refractivity contribution in [3.05, 3.63) is 27.1 Å². The summed E-state index contributed by atoms with van der Waals surface area (Å²) >= 11 is 1.12. The van der Waals surface area contributed by atoms with Crippen molar-refractivity contribution in [2.75, 3.05) is 26.8 Å². The van der Waals surface area contributed by atoms with Gasteiger partial charge in [-0.1, -0.05) is 6.92 Å². The lowest BCUT2D eigenvalue weighted by Gasteiger charge is -2.30. The monoisotopic (exact) mass is 393 g/mol. The Labute approximate surface area is 160 Å².